The zero-order valence-electron chi connectivity index (χ0n) is 6.94. The topological polar surface area (TPSA) is 21.7 Å². The maximum Gasteiger partial charge on any atom is 0.203 e. The minimum absolute atomic E-state index is 1.08. The van der Waals surface area contributed by atoms with Crippen molar-refractivity contribution in [1.82, 2.24) is 9.90 Å². The highest BCUT2D eigenvalue weighted by Crippen LogP contribution is 2.07. The summed E-state index contributed by atoms with van der Waals surface area (Å²) in [6.45, 7) is 3.68. The standard InChI is InChI=1S/C9H10N3/c1-3-12-9-7-5-4-6-8(9)11(2)10-12/h3-7H,1H2,2H3/q+1. The molecule has 0 aliphatic rings. The zero-order chi connectivity index (χ0) is 8.55. The van der Waals surface area contributed by atoms with Crippen LogP contribution < -0.4 is 4.68 Å². The molecule has 12 heavy (non-hydrogen) atoms. The predicted molar refractivity (Wildman–Crippen MR) is 47.3 cm³/mol. The minimum atomic E-state index is 1.08. The molecule has 0 amide bonds. The Bertz CT molecular complexity index is 428. The van der Waals surface area contributed by atoms with Crippen LogP contribution in [0.25, 0.3) is 17.2 Å². The maximum absolute atomic E-state index is 4.22. The highest BCUT2D eigenvalue weighted by molar-refractivity contribution is 5.72. The third-order valence-electron chi connectivity index (χ3n) is 1.88. The molecule has 0 atom stereocenters. The Hall–Kier alpha value is -1.64. The van der Waals surface area contributed by atoms with Crippen molar-refractivity contribution in [3.63, 3.8) is 0 Å². The largest absolute Gasteiger partial charge is 0.203 e. The van der Waals surface area contributed by atoms with E-state index in [0.29, 0.717) is 0 Å². The summed E-state index contributed by atoms with van der Waals surface area (Å²) in [7, 11) is 1.92. The number of para-hydroxylation sites is 2. The first-order valence-corrected chi connectivity index (χ1v) is 3.79. The van der Waals surface area contributed by atoms with Gasteiger partial charge < -0.3 is 0 Å². The van der Waals surface area contributed by atoms with Crippen molar-refractivity contribution in [1.29, 1.82) is 0 Å². The second-order valence-electron chi connectivity index (χ2n) is 2.63. The van der Waals surface area contributed by atoms with E-state index in [0.717, 1.165) is 11.0 Å². The quantitative estimate of drug-likeness (QED) is 0.569. The van der Waals surface area contributed by atoms with E-state index in [-0.39, 0.29) is 0 Å². The van der Waals surface area contributed by atoms with Gasteiger partial charge in [-0.2, -0.15) is 0 Å². The van der Waals surface area contributed by atoms with Crippen molar-refractivity contribution in [2.75, 3.05) is 0 Å². The van der Waals surface area contributed by atoms with Crippen molar-refractivity contribution >= 4 is 17.2 Å². The Balaban J connectivity index is 2.91. The van der Waals surface area contributed by atoms with Crippen molar-refractivity contribution < 1.29 is 4.68 Å². The third kappa shape index (κ3) is 0.830. The smallest absolute Gasteiger partial charge is 0.132 e. The Morgan fingerprint density at radius 3 is 3.00 bits per heavy atom. The van der Waals surface area contributed by atoms with Gasteiger partial charge >= 0.3 is 0 Å². The molecule has 3 heteroatoms. The van der Waals surface area contributed by atoms with E-state index in [4.69, 9.17) is 0 Å². The molecule has 1 aromatic carbocycles. The molecule has 3 nitrogen and oxygen atoms in total. The van der Waals surface area contributed by atoms with Gasteiger partial charge in [-0.3, -0.25) is 0 Å². The van der Waals surface area contributed by atoms with Crippen LogP contribution in [0.2, 0.25) is 0 Å². The number of rotatable bonds is 1. The lowest BCUT2D eigenvalue weighted by molar-refractivity contribution is -0.708. The van der Waals surface area contributed by atoms with E-state index in [1.165, 1.54) is 0 Å². The molecule has 0 saturated heterocycles. The molecule has 0 bridgehead atoms. The third-order valence-corrected chi connectivity index (χ3v) is 1.88. The summed E-state index contributed by atoms with van der Waals surface area (Å²) in [5, 5.41) is 4.22. The van der Waals surface area contributed by atoms with Crippen LogP contribution in [0.5, 0.6) is 0 Å². The molecular formula is C9H10N3+. The van der Waals surface area contributed by atoms with E-state index < -0.39 is 0 Å². The number of fused-ring (bicyclic) bond motifs is 1. The average molecular weight is 160 g/mol. The summed E-state index contributed by atoms with van der Waals surface area (Å²) in [5.41, 5.74) is 2.19. The van der Waals surface area contributed by atoms with Crippen molar-refractivity contribution in [3.05, 3.63) is 30.8 Å². The van der Waals surface area contributed by atoms with Gasteiger partial charge in [-0.1, -0.05) is 18.7 Å². The minimum Gasteiger partial charge on any atom is -0.132 e. The monoisotopic (exact) mass is 160 g/mol. The summed E-state index contributed by atoms with van der Waals surface area (Å²) in [5.74, 6) is 0. The Morgan fingerprint density at radius 1 is 1.50 bits per heavy atom. The van der Waals surface area contributed by atoms with Crippen LogP contribution in [0, 0.1) is 0 Å². The van der Waals surface area contributed by atoms with Crippen LogP contribution in [0.4, 0.5) is 0 Å². The number of hydrogen-bond acceptors (Lipinski definition) is 1. The average Bonchev–Trinajstić information content (AvgIpc) is 2.44. The lowest BCUT2D eigenvalue weighted by atomic mass is 10.3. The van der Waals surface area contributed by atoms with Crippen molar-refractivity contribution in [2.45, 2.75) is 0 Å². The summed E-state index contributed by atoms with van der Waals surface area (Å²) in [6, 6.07) is 8.04. The van der Waals surface area contributed by atoms with E-state index in [9.17, 15) is 0 Å². The lowest BCUT2D eigenvalue weighted by Crippen LogP contribution is -2.30. The van der Waals surface area contributed by atoms with Gasteiger partial charge in [0.05, 0.1) is 5.21 Å². The molecule has 1 heterocycles. The first-order valence-electron chi connectivity index (χ1n) is 3.79. The van der Waals surface area contributed by atoms with Crippen molar-refractivity contribution in [3.8, 4) is 0 Å². The second-order valence-corrected chi connectivity index (χ2v) is 2.63. The fourth-order valence-electron chi connectivity index (χ4n) is 1.31. The summed E-state index contributed by atoms with van der Waals surface area (Å²) in [4.78, 5) is 0. The van der Waals surface area contributed by atoms with Crippen LogP contribution >= 0.6 is 0 Å². The van der Waals surface area contributed by atoms with Crippen LogP contribution in [0.1, 0.15) is 0 Å². The molecule has 60 valence electrons. The van der Waals surface area contributed by atoms with Crippen LogP contribution in [0.15, 0.2) is 30.8 Å². The first kappa shape index (κ1) is 7.03. The number of aromatic nitrogens is 3. The van der Waals surface area contributed by atoms with Gasteiger partial charge in [0.15, 0.2) is 5.52 Å². The van der Waals surface area contributed by atoms with E-state index in [1.54, 1.807) is 10.9 Å². The molecule has 2 aromatic rings. The van der Waals surface area contributed by atoms with Gasteiger partial charge in [0.2, 0.25) is 5.52 Å². The number of hydrogen-bond donors (Lipinski definition) is 0. The molecule has 0 N–H and O–H groups in total. The highest BCUT2D eigenvalue weighted by atomic mass is 15.5. The van der Waals surface area contributed by atoms with Gasteiger partial charge in [-0.25, -0.2) is 0 Å². The van der Waals surface area contributed by atoms with Crippen LogP contribution in [-0.4, -0.2) is 9.90 Å². The first-order chi connectivity index (χ1) is 5.83. The molecular weight excluding hydrogens is 150 g/mol. The molecule has 1 aromatic heterocycles. The van der Waals surface area contributed by atoms with Crippen LogP contribution in [0.3, 0.4) is 0 Å². The fraction of sp³-hybridized carbons (Fsp3) is 0.111. The molecule has 0 fully saturated rings. The Kier molecular flexibility index (Phi) is 1.43. The lowest BCUT2D eigenvalue weighted by Gasteiger charge is -1.81. The Morgan fingerprint density at radius 2 is 2.25 bits per heavy atom. The number of nitrogens with zero attached hydrogens (tertiary/aromatic N) is 3. The van der Waals surface area contributed by atoms with Crippen molar-refractivity contribution in [2.24, 2.45) is 7.05 Å². The summed E-state index contributed by atoms with van der Waals surface area (Å²) >= 11 is 0. The van der Waals surface area contributed by atoms with Gasteiger partial charge in [0.1, 0.15) is 13.2 Å². The number of aryl methyl sites for hydroxylation is 1. The molecule has 0 spiro atoms. The summed E-state index contributed by atoms with van der Waals surface area (Å²) in [6.07, 6.45) is 1.70. The SMILES string of the molecule is C=Cn1n[n+](C)c2ccccc21. The van der Waals surface area contributed by atoms with Gasteiger partial charge in [0, 0.05) is 0 Å². The van der Waals surface area contributed by atoms with Gasteiger partial charge in [-0.05, 0) is 12.1 Å². The molecule has 0 radical (unpaired) electrons. The van der Waals surface area contributed by atoms with Gasteiger partial charge in [-0.15, -0.1) is 9.36 Å². The van der Waals surface area contributed by atoms with Crippen LogP contribution in [-0.2, 0) is 7.05 Å². The zero-order valence-corrected chi connectivity index (χ0v) is 6.94. The second kappa shape index (κ2) is 2.44. The Labute approximate surface area is 70.5 Å². The maximum atomic E-state index is 4.22. The van der Waals surface area contributed by atoms with E-state index >= 15 is 0 Å². The summed E-state index contributed by atoms with van der Waals surface area (Å²) < 4.78 is 3.59. The molecule has 0 aliphatic carbocycles. The molecule has 0 unspecified atom stereocenters. The highest BCUT2D eigenvalue weighted by Gasteiger charge is 2.10. The predicted octanol–water partition coefficient (Wildman–Crippen LogP) is 0.961. The normalized spacial score (nSPS) is 10.4. The fourth-order valence-corrected chi connectivity index (χ4v) is 1.31. The molecule has 0 saturated carbocycles. The van der Waals surface area contributed by atoms with Gasteiger partial charge in [0.25, 0.3) is 0 Å². The van der Waals surface area contributed by atoms with E-state index in [1.807, 2.05) is 36.0 Å². The molecule has 0 aliphatic heterocycles. The number of benzene rings is 1. The van der Waals surface area contributed by atoms with E-state index in [2.05, 4.69) is 11.8 Å². The molecule has 2 rings (SSSR count).